The Labute approximate surface area is 238 Å². The Balaban J connectivity index is 1.39. The van der Waals surface area contributed by atoms with E-state index in [0.717, 1.165) is 52.1 Å². The number of likely N-dealkylation sites (tertiary alicyclic amines) is 1. The van der Waals surface area contributed by atoms with Crippen LogP contribution in [0.5, 0.6) is 5.75 Å². The minimum Gasteiger partial charge on any atom is -0.406 e. The second kappa shape index (κ2) is 12.3. The summed E-state index contributed by atoms with van der Waals surface area (Å²) in [5, 5.41) is 1.80. The molecule has 10 heteroatoms. The number of anilines is 1. The molecule has 1 fully saturated rings. The molecular weight excluding hydrogens is 557 g/mol. The molecule has 2 unspecified atom stereocenters. The van der Waals surface area contributed by atoms with Gasteiger partial charge < -0.3 is 4.74 Å². The molecule has 1 N–H and O–H groups in total. The van der Waals surface area contributed by atoms with E-state index >= 15 is 0 Å². The van der Waals surface area contributed by atoms with Gasteiger partial charge >= 0.3 is 6.36 Å². The summed E-state index contributed by atoms with van der Waals surface area (Å²) in [6, 6.07) is 24.1. The molecular formula is C30H31F3N2O3S2. The largest absolute Gasteiger partial charge is 0.573 e. The Morgan fingerprint density at radius 1 is 1.02 bits per heavy atom. The van der Waals surface area contributed by atoms with E-state index in [0.29, 0.717) is 18.9 Å². The van der Waals surface area contributed by atoms with Gasteiger partial charge in [0.15, 0.2) is 0 Å². The van der Waals surface area contributed by atoms with Gasteiger partial charge in [-0.2, -0.15) is 0 Å². The Hall–Kier alpha value is -2.92. The number of hydrogen-bond acceptors (Lipinski definition) is 4. The topological polar surface area (TPSA) is 53.0 Å². The van der Waals surface area contributed by atoms with Crippen LogP contribution in [0.15, 0.2) is 78.9 Å². The maximum absolute atomic E-state index is 12.7. The number of aryl methyl sites for hydroxylation is 1. The number of halogens is 3. The van der Waals surface area contributed by atoms with Crippen LogP contribution in [0.1, 0.15) is 35.4 Å². The number of hydrogen-bond donors (Lipinski definition) is 1. The third kappa shape index (κ3) is 6.86. The van der Waals surface area contributed by atoms with Gasteiger partial charge in [0.25, 0.3) is 11.3 Å². The number of benzene rings is 3. The van der Waals surface area contributed by atoms with Crippen molar-refractivity contribution in [2.24, 2.45) is 0 Å². The van der Waals surface area contributed by atoms with Crippen LogP contribution in [0, 0.1) is 6.92 Å². The van der Waals surface area contributed by atoms with Crippen LogP contribution in [0.25, 0.3) is 10.1 Å². The summed E-state index contributed by atoms with van der Waals surface area (Å²) < 4.78 is 67.7. The molecule has 0 amide bonds. The molecule has 2 heterocycles. The molecule has 5 rings (SSSR count). The molecule has 3 aromatic carbocycles. The number of nitrogens with zero attached hydrogens (tertiary/aromatic N) is 2. The van der Waals surface area contributed by atoms with Crippen LogP contribution >= 0.6 is 11.3 Å². The van der Waals surface area contributed by atoms with Gasteiger partial charge in [-0.05, 0) is 85.5 Å². The fraction of sp³-hybridized carbons (Fsp3) is 0.333. The highest BCUT2D eigenvalue weighted by atomic mass is 32.2. The van der Waals surface area contributed by atoms with Gasteiger partial charge in [0.2, 0.25) is 0 Å². The van der Waals surface area contributed by atoms with Gasteiger partial charge in [0, 0.05) is 10.7 Å². The summed E-state index contributed by atoms with van der Waals surface area (Å²) in [7, 11) is 0. The monoisotopic (exact) mass is 588 g/mol. The Kier molecular flexibility index (Phi) is 8.80. The predicted molar refractivity (Wildman–Crippen MR) is 155 cm³/mol. The zero-order chi connectivity index (χ0) is 28.3. The van der Waals surface area contributed by atoms with Crippen LogP contribution < -0.4 is 9.04 Å². The quantitative estimate of drug-likeness (QED) is 0.205. The minimum atomic E-state index is -4.75. The highest BCUT2D eigenvalue weighted by Gasteiger charge is 2.32. The summed E-state index contributed by atoms with van der Waals surface area (Å²) in [5.41, 5.74) is 3.11. The number of thiophene rings is 1. The zero-order valence-electron chi connectivity index (χ0n) is 22.0. The van der Waals surface area contributed by atoms with E-state index in [9.17, 15) is 21.9 Å². The first kappa shape index (κ1) is 28.6. The second-order valence-electron chi connectivity index (χ2n) is 10.1. The molecule has 1 aliphatic heterocycles. The maximum atomic E-state index is 12.7. The van der Waals surface area contributed by atoms with Crippen LogP contribution in [0.3, 0.4) is 0 Å². The first-order chi connectivity index (χ1) is 19.2. The highest BCUT2D eigenvalue weighted by Crippen LogP contribution is 2.39. The Bertz CT molecular complexity index is 1440. The number of piperidine rings is 1. The van der Waals surface area contributed by atoms with E-state index in [4.69, 9.17) is 0 Å². The van der Waals surface area contributed by atoms with Crippen molar-refractivity contribution in [1.29, 1.82) is 0 Å². The van der Waals surface area contributed by atoms with E-state index < -0.39 is 17.6 Å². The van der Waals surface area contributed by atoms with Gasteiger partial charge in [0.1, 0.15) is 10.8 Å². The molecule has 0 aliphatic carbocycles. The predicted octanol–water partition coefficient (Wildman–Crippen LogP) is 7.54. The molecule has 0 spiro atoms. The summed E-state index contributed by atoms with van der Waals surface area (Å²) in [6.45, 7) is 3.90. The highest BCUT2D eigenvalue weighted by molar-refractivity contribution is 7.81. The molecule has 212 valence electrons. The Morgan fingerprint density at radius 2 is 1.68 bits per heavy atom. The number of alkyl halides is 3. The first-order valence-corrected chi connectivity index (χ1v) is 15.1. The van der Waals surface area contributed by atoms with E-state index in [1.165, 1.54) is 29.0 Å². The van der Waals surface area contributed by atoms with Crippen LogP contribution in [-0.2, 0) is 17.7 Å². The van der Waals surface area contributed by atoms with E-state index in [1.807, 2.05) is 37.3 Å². The van der Waals surface area contributed by atoms with Crippen LogP contribution in [-0.4, -0.2) is 45.7 Å². The van der Waals surface area contributed by atoms with E-state index in [2.05, 4.69) is 33.9 Å². The Morgan fingerprint density at radius 3 is 2.30 bits per heavy atom. The molecule has 0 saturated carbocycles. The molecule has 1 saturated heterocycles. The summed E-state index contributed by atoms with van der Waals surface area (Å²) >= 11 is -0.763. The van der Waals surface area contributed by atoms with Crippen molar-refractivity contribution in [3.8, 4) is 5.75 Å². The van der Waals surface area contributed by atoms with E-state index in [1.54, 1.807) is 16.4 Å². The van der Waals surface area contributed by atoms with Gasteiger partial charge in [-0.15, -0.1) is 24.5 Å². The number of fused-ring (bicyclic) bond motifs is 1. The fourth-order valence-corrected chi connectivity index (χ4v) is 7.55. The molecule has 5 nitrogen and oxygen atoms in total. The molecule has 2 atom stereocenters. The third-order valence-electron chi connectivity index (χ3n) is 7.56. The standard InChI is InChI=1S/C30H31F3N2O3S2/c1-21-27-9-5-6-10-28(27)39-29(21)35(40(36)37)20-25(19-22-11-13-26(14-12-22)38-30(31,32)33)34-17-15-24(16-18-34)23-7-3-2-4-8-23/h2-14,24-25H,15-20H2,1H3,(H,36,37). The van der Waals surface area contributed by atoms with Crippen molar-refractivity contribution < 1.29 is 26.7 Å². The lowest BCUT2D eigenvalue weighted by Crippen LogP contribution is -2.48. The van der Waals surface area contributed by atoms with Crippen molar-refractivity contribution >= 4 is 37.7 Å². The third-order valence-corrected chi connectivity index (χ3v) is 9.68. The van der Waals surface area contributed by atoms with Gasteiger partial charge in [-0.3, -0.25) is 13.8 Å². The van der Waals surface area contributed by atoms with Crippen LogP contribution in [0.4, 0.5) is 18.2 Å². The average Bonchev–Trinajstić information content (AvgIpc) is 3.27. The van der Waals surface area contributed by atoms with E-state index in [-0.39, 0.29) is 11.8 Å². The molecule has 0 bridgehead atoms. The normalized spacial score (nSPS) is 16.6. The smallest absolute Gasteiger partial charge is 0.406 e. The van der Waals surface area contributed by atoms with Gasteiger partial charge in [-0.1, -0.05) is 60.7 Å². The van der Waals surface area contributed by atoms with Crippen molar-refractivity contribution in [3.05, 3.63) is 95.6 Å². The lowest BCUT2D eigenvalue weighted by atomic mass is 9.88. The average molecular weight is 589 g/mol. The van der Waals surface area contributed by atoms with Crippen molar-refractivity contribution in [3.63, 3.8) is 0 Å². The minimum absolute atomic E-state index is 0.133. The number of rotatable bonds is 9. The van der Waals surface area contributed by atoms with Crippen molar-refractivity contribution in [2.75, 3.05) is 23.9 Å². The summed E-state index contributed by atoms with van der Waals surface area (Å²) in [6.07, 6.45) is -2.31. The zero-order valence-corrected chi connectivity index (χ0v) is 23.6. The lowest BCUT2D eigenvalue weighted by Gasteiger charge is -2.39. The molecule has 1 aromatic heterocycles. The fourth-order valence-electron chi connectivity index (χ4n) is 5.54. The second-order valence-corrected chi connectivity index (χ2v) is 12.0. The summed E-state index contributed by atoms with van der Waals surface area (Å²) in [5.74, 6) is 0.181. The molecule has 4 aromatic rings. The molecule has 0 radical (unpaired) electrons. The van der Waals surface area contributed by atoms with Gasteiger partial charge in [-0.25, -0.2) is 4.21 Å². The molecule has 1 aliphatic rings. The SMILES string of the molecule is Cc1c(N(CC(Cc2ccc(OC(F)(F)F)cc2)N2CCC(c3ccccc3)CC2)S(=O)O)sc2ccccc12. The van der Waals surface area contributed by atoms with Crippen molar-refractivity contribution in [1.82, 2.24) is 4.90 Å². The molecule has 40 heavy (non-hydrogen) atoms. The lowest BCUT2D eigenvalue weighted by molar-refractivity contribution is -0.274. The van der Waals surface area contributed by atoms with Crippen molar-refractivity contribution in [2.45, 2.75) is 44.5 Å². The maximum Gasteiger partial charge on any atom is 0.573 e. The number of ether oxygens (including phenoxy) is 1. The van der Waals surface area contributed by atoms with Crippen LogP contribution in [0.2, 0.25) is 0 Å². The van der Waals surface area contributed by atoms with Gasteiger partial charge in [0.05, 0.1) is 6.54 Å². The first-order valence-electron chi connectivity index (χ1n) is 13.2. The summed E-state index contributed by atoms with van der Waals surface area (Å²) in [4.78, 5) is 2.35.